The van der Waals surface area contributed by atoms with Gasteiger partial charge in [0.1, 0.15) is 28.4 Å². The fourth-order valence-corrected chi connectivity index (χ4v) is 3.97. The number of carbonyl (C=O) groups excluding carboxylic acids is 1. The Balaban J connectivity index is 2.10. The Morgan fingerprint density at radius 2 is 1.67 bits per heavy atom. The minimum absolute atomic E-state index is 0.0306. The SMILES string of the molecule is CC(C)=CCCC1(C)C=Cc2c(O)c(CC=C(C)C)c(O)c(C(=O)C=Cc3ccc(O)c(O)c3)c2O1. The monoisotopic (exact) mass is 490 g/mol. The number of benzene rings is 2. The Kier molecular flexibility index (Phi) is 7.98. The molecule has 2 aromatic rings. The lowest BCUT2D eigenvalue weighted by Crippen LogP contribution is -2.32. The van der Waals surface area contributed by atoms with E-state index in [9.17, 15) is 25.2 Å². The van der Waals surface area contributed by atoms with Crippen LogP contribution in [0, 0.1) is 0 Å². The second kappa shape index (κ2) is 10.8. The van der Waals surface area contributed by atoms with Gasteiger partial charge >= 0.3 is 0 Å². The lowest BCUT2D eigenvalue weighted by Gasteiger charge is -2.33. The van der Waals surface area contributed by atoms with Crippen LogP contribution in [-0.4, -0.2) is 31.8 Å². The zero-order chi connectivity index (χ0) is 26.6. The molecule has 1 aliphatic rings. The maximum atomic E-state index is 13.4. The summed E-state index contributed by atoms with van der Waals surface area (Å²) in [6.45, 7) is 9.77. The summed E-state index contributed by atoms with van der Waals surface area (Å²) < 4.78 is 6.30. The Morgan fingerprint density at radius 1 is 0.972 bits per heavy atom. The van der Waals surface area contributed by atoms with E-state index in [0.717, 1.165) is 12.0 Å². The van der Waals surface area contributed by atoms with E-state index >= 15 is 0 Å². The molecule has 6 heteroatoms. The van der Waals surface area contributed by atoms with E-state index in [-0.39, 0.29) is 46.3 Å². The lowest BCUT2D eigenvalue weighted by molar-refractivity contribution is 0.101. The summed E-state index contributed by atoms with van der Waals surface area (Å²) in [7, 11) is 0. The highest BCUT2D eigenvalue weighted by atomic mass is 16.5. The van der Waals surface area contributed by atoms with E-state index in [0.29, 0.717) is 17.5 Å². The predicted molar refractivity (Wildman–Crippen MR) is 143 cm³/mol. The maximum absolute atomic E-state index is 13.4. The molecule has 1 aliphatic heterocycles. The third-order valence-electron chi connectivity index (χ3n) is 6.05. The Labute approximate surface area is 212 Å². The van der Waals surface area contributed by atoms with E-state index < -0.39 is 11.4 Å². The molecular formula is C30H34O6. The van der Waals surface area contributed by atoms with Gasteiger partial charge in [-0.2, -0.15) is 0 Å². The van der Waals surface area contributed by atoms with Gasteiger partial charge in [-0.25, -0.2) is 0 Å². The molecule has 1 heterocycles. The van der Waals surface area contributed by atoms with Gasteiger partial charge < -0.3 is 25.2 Å². The van der Waals surface area contributed by atoms with Gasteiger partial charge in [0.15, 0.2) is 17.3 Å². The van der Waals surface area contributed by atoms with Gasteiger partial charge in [0, 0.05) is 5.56 Å². The zero-order valence-electron chi connectivity index (χ0n) is 21.4. The molecule has 4 N–H and O–H groups in total. The summed E-state index contributed by atoms with van der Waals surface area (Å²) in [5.41, 5.74) is 2.52. The van der Waals surface area contributed by atoms with Gasteiger partial charge in [0.2, 0.25) is 0 Å². The van der Waals surface area contributed by atoms with Gasteiger partial charge in [0.05, 0.1) is 5.56 Å². The number of rotatable bonds is 8. The summed E-state index contributed by atoms with van der Waals surface area (Å²) in [6.07, 6.45) is 12.0. The van der Waals surface area contributed by atoms with Gasteiger partial charge in [-0.15, -0.1) is 0 Å². The molecule has 1 unspecified atom stereocenters. The van der Waals surface area contributed by atoms with Crippen molar-refractivity contribution < 1.29 is 30.0 Å². The molecule has 0 aromatic heterocycles. The first kappa shape index (κ1) is 26.7. The first-order valence-corrected chi connectivity index (χ1v) is 11.9. The Morgan fingerprint density at radius 3 is 2.31 bits per heavy atom. The highest BCUT2D eigenvalue weighted by molar-refractivity contribution is 6.12. The molecular weight excluding hydrogens is 456 g/mol. The number of hydrogen-bond acceptors (Lipinski definition) is 6. The van der Waals surface area contributed by atoms with Gasteiger partial charge in [-0.05, 0) is 89.8 Å². The van der Waals surface area contributed by atoms with E-state index in [1.54, 1.807) is 12.1 Å². The zero-order valence-corrected chi connectivity index (χ0v) is 21.4. The Bertz CT molecular complexity index is 1290. The first-order chi connectivity index (χ1) is 16.9. The average molecular weight is 491 g/mol. The van der Waals surface area contributed by atoms with Crippen LogP contribution in [0.15, 0.2) is 53.6 Å². The van der Waals surface area contributed by atoms with E-state index in [1.807, 2.05) is 46.8 Å². The second-order valence-corrected chi connectivity index (χ2v) is 9.79. The summed E-state index contributed by atoms with van der Waals surface area (Å²) in [5, 5.41) is 41.5. The predicted octanol–water partition coefficient (Wildman–Crippen LogP) is 6.82. The number of aromatic hydroxyl groups is 4. The molecule has 0 saturated heterocycles. The minimum Gasteiger partial charge on any atom is -0.507 e. The van der Waals surface area contributed by atoms with Crippen molar-refractivity contribution in [3.05, 3.63) is 75.9 Å². The molecule has 0 aliphatic carbocycles. The van der Waals surface area contributed by atoms with Gasteiger partial charge in [0.25, 0.3) is 0 Å². The molecule has 0 amide bonds. The molecule has 0 bridgehead atoms. The highest BCUT2D eigenvalue weighted by Crippen LogP contribution is 2.48. The van der Waals surface area contributed by atoms with Crippen LogP contribution < -0.4 is 4.74 Å². The van der Waals surface area contributed by atoms with Gasteiger partial charge in [-0.1, -0.05) is 35.4 Å². The third-order valence-corrected chi connectivity index (χ3v) is 6.05. The van der Waals surface area contributed by atoms with Crippen molar-refractivity contribution in [3.8, 4) is 28.7 Å². The molecule has 6 nitrogen and oxygen atoms in total. The van der Waals surface area contributed by atoms with Crippen molar-refractivity contribution in [3.63, 3.8) is 0 Å². The third kappa shape index (κ3) is 6.00. The molecule has 0 saturated carbocycles. The molecule has 0 spiro atoms. The van der Waals surface area contributed by atoms with Crippen LogP contribution in [0.5, 0.6) is 28.7 Å². The average Bonchev–Trinajstić information content (AvgIpc) is 2.79. The lowest BCUT2D eigenvalue weighted by atomic mass is 9.89. The molecule has 36 heavy (non-hydrogen) atoms. The van der Waals surface area contributed by atoms with E-state index in [1.165, 1.54) is 29.9 Å². The van der Waals surface area contributed by atoms with Crippen molar-refractivity contribution in [2.75, 3.05) is 0 Å². The number of ketones is 1. The van der Waals surface area contributed by atoms with Crippen molar-refractivity contribution in [1.82, 2.24) is 0 Å². The van der Waals surface area contributed by atoms with Crippen LogP contribution in [-0.2, 0) is 6.42 Å². The van der Waals surface area contributed by atoms with Crippen LogP contribution in [0.25, 0.3) is 12.2 Å². The standard InChI is InChI=1S/C30H34O6/c1-18(2)7-6-15-30(5)16-14-22-27(34)21(11-8-19(3)4)28(35)26(29(22)36-30)24(32)13-10-20-9-12-23(31)25(33)17-20/h7-10,12-14,16-17,31,33-35H,6,11,15H2,1-5H3. The summed E-state index contributed by atoms with van der Waals surface area (Å²) in [4.78, 5) is 13.4. The van der Waals surface area contributed by atoms with Crippen molar-refractivity contribution in [1.29, 1.82) is 0 Å². The number of fused-ring (bicyclic) bond motifs is 1. The molecule has 0 fully saturated rings. The van der Waals surface area contributed by atoms with Crippen molar-refractivity contribution in [2.24, 2.45) is 0 Å². The normalized spacial score (nSPS) is 16.4. The van der Waals surface area contributed by atoms with Crippen LogP contribution >= 0.6 is 0 Å². The number of ether oxygens (including phenoxy) is 1. The number of hydrogen-bond donors (Lipinski definition) is 4. The largest absolute Gasteiger partial charge is 0.507 e. The van der Waals surface area contributed by atoms with Crippen LogP contribution in [0.2, 0.25) is 0 Å². The van der Waals surface area contributed by atoms with Crippen LogP contribution in [0.3, 0.4) is 0 Å². The summed E-state index contributed by atoms with van der Waals surface area (Å²) in [5.74, 6) is -1.40. The molecule has 190 valence electrons. The number of allylic oxidation sites excluding steroid dienone is 5. The number of phenols is 4. The smallest absolute Gasteiger partial charge is 0.193 e. The number of phenolic OH excluding ortho intramolecular Hbond substituents is 4. The second-order valence-electron chi connectivity index (χ2n) is 9.79. The van der Waals surface area contributed by atoms with E-state index in [4.69, 9.17) is 4.74 Å². The molecule has 2 aromatic carbocycles. The first-order valence-electron chi connectivity index (χ1n) is 11.9. The topological polar surface area (TPSA) is 107 Å². The van der Waals surface area contributed by atoms with Crippen molar-refractivity contribution >= 4 is 17.9 Å². The molecule has 0 radical (unpaired) electrons. The minimum atomic E-state index is -0.735. The highest BCUT2D eigenvalue weighted by Gasteiger charge is 2.34. The van der Waals surface area contributed by atoms with E-state index in [2.05, 4.69) is 6.08 Å². The molecule has 1 atom stereocenters. The summed E-state index contributed by atoms with van der Waals surface area (Å²) in [6, 6.07) is 4.19. The fourth-order valence-electron chi connectivity index (χ4n) is 3.97. The quantitative estimate of drug-likeness (QED) is 0.140. The van der Waals surface area contributed by atoms with Crippen molar-refractivity contribution in [2.45, 2.75) is 59.5 Å². The van der Waals surface area contributed by atoms with Crippen LogP contribution in [0.4, 0.5) is 0 Å². The maximum Gasteiger partial charge on any atom is 0.193 e. The Hall–Kier alpha value is -3.93. The fraction of sp³-hybridized carbons (Fsp3) is 0.300. The molecule has 3 rings (SSSR count). The summed E-state index contributed by atoms with van der Waals surface area (Å²) >= 11 is 0. The van der Waals surface area contributed by atoms with Gasteiger partial charge in [-0.3, -0.25) is 4.79 Å². The van der Waals surface area contributed by atoms with Crippen LogP contribution in [0.1, 0.15) is 74.5 Å². The number of carbonyl (C=O) groups is 1.